The van der Waals surface area contributed by atoms with Crippen molar-refractivity contribution in [1.29, 1.82) is 0 Å². The zero-order valence-electron chi connectivity index (χ0n) is 15.0. The van der Waals surface area contributed by atoms with Crippen LogP contribution in [0, 0.1) is 0 Å². The van der Waals surface area contributed by atoms with E-state index in [9.17, 15) is 9.59 Å². The number of hydrogen-bond donors (Lipinski definition) is 1. The van der Waals surface area contributed by atoms with Crippen molar-refractivity contribution in [1.82, 2.24) is 5.32 Å². The summed E-state index contributed by atoms with van der Waals surface area (Å²) in [6.07, 6.45) is 2.40. The van der Waals surface area contributed by atoms with Gasteiger partial charge in [-0.25, -0.2) is 0 Å². The van der Waals surface area contributed by atoms with Gasteiger partial charge in [0.2, 0.25) is 5.91 Å². The van der Waals surface area contributed by atoms with E-state index in [1.54, 1.807) is 4.90 Å². The van der Waals surface area contributed by atoms with Crippen molar-refractivity contribution < 1.29 is 14.3 Å². The Kier molecular flexibility index (Phi) is 5.89. The molecule has 2 aromatic carbocycles. The second-order valence-corrected chi connectivity index (χ2v) is 6.34. The average molecular weight is 352 g/mol. The van der Waals surface area contributed by atoms with Gasteiger partial charge in [0.15, 0.2) is 6.61 Å². The third kappa shape index (κ3) is 4.42. The molecule has 1 aliphatic heterocycles. The van der Waals surface area contributed by atoms with Crippen molar-refractivity contribution in [2.24, 2.45) is 0 Å². The Hall–Kier alpha value is -2.82. The van der Waals surface area contributed by atoms with Crippen molar-refractivity contribution in [2.75, 3.05) is 18.1 Å². The average Bonchev–Trinajstić information content (AvgIpc) is 3.11. The molecule has 0 aromatic heterocycles. The molecule has 3 rings (SSSR count). The van der Waals surface area contributed by atoms with E-state index in [1.807, 2.05) is 48.5 Å². The van der Waals surface area contributed by atoms with Crippen molar-refractivity contribution in [3.63, 3.8) is 0 Å². The predicted octanol–water partition coefficient (Wildman–Crippen LogP) is 3.07. The van der Waals surface area contributed by atoms with Gasteiger partial charge in [-0.15, -0.1) is 0 Å². The van der Waals surface area contributed by atoms with E-state index in [4.69, 9.17) is 4.74 Å². The van der Waals surface area contributed by atoms with Gasteiger partial charge < -0.3 is 15.0 Å². The third-order valence-corrected chi connectivity index (χ3v) is 4.52. The summed E-state index contributed by atoms with van der Waals surface area (Å²) in [5.41, 5.74) is 3.00. The predicted molar refractivity (Wildman–Crippen MR) is 101 cm³/mol. The van der Waals surface area contributed by atoms with Gasteiger partial charge in [0.25, 0.3) is 5.91 Å². The number of hydrogen-bond acceptors (Lipinski definition) is 3. The molecule has 1 aliphatic rings. The number of nitrogens with one attached hydrogen (secondary N) is 1. The van der Waals surface area contributed by atoms with Gasteiger partial charge in [0.05, 0.1) is 0 Å². The molecule has 0 atom stereocenters. The van der Waals surface area contributed by atoms with Crippen LogP contribution in [0.5, 0.6) is 5.75 Å². The summed E-state index contributed by atoms with van der Waals surface area (Å²) >= 11 is 0. The first kappa shape index (κ1) is 18.0. The van der Waals surface area contributed by atoms with E-state index < -0.39 is 0 Å². The number of benzene rings is 2. The number of para-hydroxylation sites is 1. The molecule has 0 aliphatic carbocycles. The van der Waals surface area contributed by atoms with Gasteiger partial charge in [-0.05, 0) is 42.2 Å². The maximum Gasteiger partial charge on any atom is 0.258 e. The SMILES string of the molecule is CCc1ccccc1OCC(=O)NCc1ccc(N2CCCC2=O)cc1. The molecule has 0 unspecified atom stereocenters. The Morgan fingerprint density at radius 3 is 2.62 bits per heavy atom. The van der Waals surface area contributed by atoms with Crippen LogP contribution in [-0.2, 0) is 22.6 Å². The number of aryl methyl sites for hydroxylation is 1. The van der Waals surface area contributed by atoms with Crippen molar-refractivity contribution in [3.8, 4) is 5.75 Å². The van der Waals surface area contributed by atoms with Crippen molar-refractivity contribution >= 4 is 17.5 Å². The summed E-state index contributed by atoms with van der Waals surface area (Å²) in [6.45, 7) is 3.27. The molecule has 0 bridgehead atoms. The fraction of sp³-hybridized carbons (Fsp3) is 0.333. The van der Waals surface area contributed by atoms with E-state index in [1.165, 1.54) is 0 Å². The summed E-state index contributed by atoms with van der Waals surface area (Å²) in [4.78, 5) is 25.6. The monoisotopic (exact) mass is 352 g/mol. The molecule has 2 amide bonds. The first-order valence-corrected chi connectivity index (χ1v) is 9.04. The summed E-state index contributed by atoms with van der Waals surface area (Å²) in [5.74, 6) is 0.773. The third-order valence-electron chi connectivity index (χ3n) is 4.52. The molecule has 1 saturated heterocycles. The lowest BCUT2D eigenvalue weighted by molar-refractivity contribution is -0.123. The quantitative estimate of drug-likeness (QED) is 0.833. The molecule has 0 radical (unpaired) electrons. The van der Waals surface area contributed by atoms with E-state index in [0.29, 0.717) is 13.0 Å². The fourth-order valence-corrected chi connectivity index (χ4v) is 3.05. The van der Waals surface area contributed by atoms with Crippen LogP contribution < -0.4 is 15.0 Å². The van der Waals surface area contributed by atoms with E-state index in [0.717, 1.165) is 42.0 Å². The number of ether oxygens (including phenoxy) is 1. The van der Waals surface area contributed by atoms with Gasteiger partial charge in [0.1, 0.15) is 5.75 Å². The maximum absolute atomic E-state index is 12.0. The number of rotatable bonds is 7. The van der Waals surface area contributed by atoms with Crippen molar-refractivity contribution in [3.05, 3.63) is 59.7 Å². The minimum atomic E-state index is -0.158. The first-order chi connectivity index (χ1) is 12.7. The van der Waals surface area contributed by atoms with Crippen LogP contribution >= 0.6 is 0 Å². The molecule has 0 spiro atoms. The molecule has 5 nitrogen and oxygen atoms in total. The van der Waals surface area contributed by atoms with E-state index in [-0.39, 0.29) is 18.4 Å². The second kappa shape index (κ2) is 8.52. The Labute approximate surface area is 154 Å². The van der Waals surface area contributed by atoms with Crippen LogP contribution in [0.15, 0.2) is 48.5 Å². The molecule has 1 N–H and O–H groups in total. The number of anilines is 1. The van der Waals surface area contributed by atoms with Crippen LogP contribution in [0.25, 0.3) is 0 Å². The molecular weight excluding hydrogens is 328 g/mol. The highest BCUT2D eigenvalue weighted by molar-refractivity contribution is 5.95. The van der Waals surface area contributed by atoms with Gasteiger partial charge in [-0.3, -0.25) is 9.59 Å². The highest BCUT2D eigenvalue weighted by Crippen LogP contribution is 2.21. The summed E-state index contributed by atoms with van der Waals surface area (Å²) in [7, 11) is 0. The lowest BCUT2D eigenvalue weighted by Gasteiger charge is -2.16. The zero-order chi connectivity index (χ0) is 18.4. The van der Waals surface area contributed by atoms with Gasteiger partial charge in [-0.1, -0.05) is 37.3 Å². The standard InChI is InChI=1S/C21H24N2O3/c1-2-17-6-3-4-7-19(17)26-15-20(24)22-14-16-9-11-18(12-10-16)23-13-5-8-21(23)25/h3-4,6-7,9-12H,2,5,8,13-15H2,1H3,(H,22,24). The highest BCUT2D eigenvalue weighted by Gasteiger charge is 2.21. The molecular formula is C21H24N2O3. The first-order valence-electron chi connectivity index (χ1n) is 9.04. The molecule has 2 aromatic rings. The molecule has 5 heteroatoms. The fourth-order valence-electron chi connectivity index (χ4n) is 3.05. The Morgan fingerprint density at radius 2 is 1.92 bits per heavy atom. The van der Waals surface area contributed by atoms with Gasteiger partial charge in [0, 0.05) is 25.2 Å². The van der Waals surface area contributed by atoms with Gasteiger partial charge in [-0.2, -0.15) is 0 Å². The summed E-state index contributed by atoms with van der Waals surface area (Å²) in [6, 6.07) is 15.5. The van der Waals surface area contributed by atoms with Crippen LogP contribution in [0.2, 0.25) is 0 Å². The summed E-state index contributed by atoms with van der Waals surface area (Å²) in [5, 5.41) is 2.86. The Bertz CT molecular complexity index is 771. The number of carbonyl (C=O) groups is 2. The molecule has 1 fully saturated rings. The minimum Gasteiger partial charge on any atom is -0.483 e. The Morgan fingerprint density at radius 1 is 1.15 bits per heavy atom. The van der Waals surface area contributed by atoms with Crippen LogP contribution in [0.4, 0.5) is 5.69 Å². The number of carbonyl (C=O) groups excluding carboxylic acids is 2. The normalized spacial score (nSPS) is 13.7. The second-order valence-electron chi connectivity index (χ2n) is 6.34. The van der Waals surface area contributed by atoms with Crippen molar-refractivity contribution in [2.45, 2.75) is 32.7 Å². The molecule has 26 heavy (non-hydrogen) atoms. The Balaban J connectivity index is 1.47. The lowest BCUT2D eigenvalue weighted by Crippen LogP contribution is -2.28. The van der Waals surface area contributed by atoms with E-state index >= 15 is 0 Å². The maximum atomic E-state index is 12.0. The van der Waals surface area contributed by atoms with Crippen LogP contribution in [0.1, 0.15) is 30.9 Å². The largest absolute Gasteiger partial charge is 0.483 e. The molecule has 0 saturated carbocycles. The van der Waals surface area contributed by atoms with E-state index in [2.05, 4.69) is 12.2 Å². The lowest BCUT2D eigenvalue weighted by atomic mass is 10.1. The van der Waals surface area contributed by atoms with Crippen LogP contribution in [0.3, 0.4) is 0 Å². The van der Waals surface area contributed by atoms with Crippen LogP contribution in [-0.4, -0.2) is 25.0 Å². The zero-order valence-corrected chi connectivity index (χ0v) is 15.0. The minimum absolute atomic E-state index is 0.00260. The molecule has 136 valence electrons. The highest BCUT2D eigenvalue weighted by atomic mass is 16.5. The number of nitrogens with zero attached hydrogens (tertiary/aromatic N) is 1. The summed E-state index contributed by atoms with van der Waals surface area (Å²) < 4.78 is 5.62. The van der Waals surface area contributed by atoms with Gasteiger partial charge >= 0.3 is 0 Å². The smallest absolute Gasteiger partial charge is 0.258 e. The molecule has 1 heterocycles. The topological polar surface area (TPSA) is 58.6 Å². The number of amides is 2.